The number of hydrogen-bond acceptors (Lipinski definition) is 6. The molecule has 1 aliphatic carbocycles. The van der Waals surface area contributed by atoms with Crippen LogP contribution in [0.5, 0.6) is 0 Å². The highest BCUT2D eigenvalue weighted by Gasteiger charge is 2.32. The molecule has 9 heteroatoms. The summed E-state index contributed by atoms with van der Waals surface area (Å²) in [6.07, 6.45) is 7.41. The summed E-state index contributed by atoms with van der Waals surface area (Å²) in [5, 5.41) is 9.37. The molecule has 7 nitrogen and oxygen atoms in total. The summed E-state index contributed by atoms with van der Waals surface area (Å²) in [5.74, 6) is 0.426. The van der Waals surface area contributed by atoms with Crippen molar-refractivity contribution in [2.75, 3.05) is 22.6 Å². The Morgan fingerprint density at radius 2 is 2.00 bits per heavy atom. The predicted octanol–water partition coefficient (Wildman–Crippen LogP) is 4.36. The van der Waals surface area contributed by atoms with Gasteiger partial charge in [-0.25, -0.2) is 14.8 Å². The third-order valence-electron chi connectivity index (χ3n) is 4.84. The SMILES string of the molecule is CC1CCC(N(C(=O)N(C)c2ncc(SCC(=O)O)s2)c2ccccn2)CC1. The van der Waals surface area contributed by atoms with Crippen molar-refractivity contribution in [3.8, 4) is 0 Å². The number of hydrogen-bond donors (Lipinski definition) is 1. The lowest BCUT2D eigenvalue weighted by atomic mass is 9.86. The van der Waals surface area contributed by atoms with Crippen molar-refractivity contribution in [1.29, 1.82) is 0 Å². The lowest BCUT2D eigenvalue weighted by molar-refractivity contribution is -0.133. The minimum absolute atomic E-state index is 0.0282. The van der Waals surface area contributed by atoms with Crippen molar-refractivity contribution < 1.29 is 14.7 Å². The first-order valence-electron chi connectivity index (χ1n) is 9.24. The highest BCUT2D eigenvalue weighted by atomic mass is 32.2. The van der Waals surface area contributed by atoms with Gasteiger partial charge < -0.3 is 5.11 Å². The number of amides is 2. The molecular formula is C19H24N4O3S2. The molecule has 0 radical (unpaired) electrons. The summed E-state index contributed by atoms with van der Waals surface area (Å²) in [4.78, 5) is 36.2. The maximum atomic E-state index is 13.4. The van der Waals surface area contributed by atoms with Gasteiger partial charge in [-0.2, -0.15) is 0 Å². The van der Waals surface area contributed by atoms with Crippen LogP contribution in [0.2, 0.25) is 0 Å². The van der Waals surface area contributed by atoms with Crippen molar-refractivity contribution >= 4 is 46.0 Å². The Hall–Kier alpha value is -2.13. The largest absolute Gasteiger partial charge is 0.481 e. The van der Waals surface area contributed by atoms with E-state index in [-0.39, 0.29) is 17.8 Å². The molecule has 2 heterocycles. The number of urea groups is 1. The van der Waals surface area contributed by atoms with Crippen molar-refractivity contribution in [3.05, 3.63) is 30.6 Å². The highest BCUT2D eigenvalue weighted by molar-refractivity contribution is 8.01. The number of carboxylic acid groups (broad SMARTS) is 1. The van der Waals surface area contributed by atoms with Crippen molar-refractivity contribution in [2.45, 2.75) is 42.9 Å². The van der Waals surface area contributed by atoms with E-state index in [1.165, 1.54) is 28.0 Å². The molecule has 0 unspecified atom stereocenters. The van der Waals surface area contributed by atoms with Gasteiger partial charge in [-0.3, -0.25) is 14.6 Å². The fraction of sp³-hybridized carbons (Fsp3) is 0.474. The first-order chi connectivity index (χ1) is 13.5. The number of thioether (sulfide) groups is 1. The first kappa shape index (κ1) is 20.6. The Labute approximate surface area is 172 Å². The zero-order valence-corrected chi connectivity index (χ0v) is 17.6. The van der Waals surface area contributed by atoms with Gasteiger partial charge in [0, 0.05) is 19.3 Å². The average Bonchev–Trinajstić information content (AvgIpc) is 3.17. The third kappa shape index (κ3) is 5.02. The molecule has 0 atom stereocenters. The molecule has 0 saturated heterocycles. The summed E-state index contributed by atoms with van der Waals surface area (Å²) in [6, 6.07) is 5.54. The maximum absolute atomic E-state index is 13.4. The minimum atomic E-state index is -0.878. The zero-order chi connectivity index (χ0) is 20.1. The summed E-state index contributed by atoms with van der Waals surface area (Å²) < 4.78 is 0.771. The number of pyridine rings is 1. The molecule has 1 saturated carbocycles. The molecular weight excluding hydrogens is 396 g/mol. The van der Waals surface area contributed by atoms with E-state index in [4.69, 9.17) is 5.11 Å². The summed E-state index contributed by atoms with van der Waals surface area (Å²) in [7, 11) is 1.70. The molecule has 0 aliphatic heterocycles. The quantitative estimate of drug-likeness (QED) is 0.699. The van der Waals surface area contributed by atoms with Crippen LogP contribution < -0.4 is 9.80 Å². The number of rotatable bonds is 6. The highest BCUT2D eigenvalue weighted by Crippen LogP contribution is 2.33. The normalized spacial score (nSPS) is 19.2. The van der Waals surface area contributed by atoms with Gasteiger partial charge >= 0.3 is 12.0 Å². The Bertz CT molecular complexity index is 807. The third-order valence-corrected chi connectivity index (χ3v) is 7.09. The molecule has 2 aromatic rings. The van der Waals surface area contributed by atoms with Crippen molar-refractivity contribution in [2.24, 2.45) is 5.92 Å². The van der Waals surface area contributed by atoms with Crippen LogP contribution in [0.4, 0.5) is 15.7 Å². The van der Waals surface area contributed by atoms with E-state index in [9.17, 15) is 9.59 Å². The van der Waals surface area contributed by atoms with Crippen LogP contribution in [0, 0.1) is 5.92 Å². The van der Waals surface area contributed by atoms with Crippen LogP contribution >= 0.6 is 23.1 Å². The number of thiazole rings is 1. The Morgan fingerprint density at radius 3 is 2.64 bits per heavy atom. The smallest absolute Gasteiger partial charge is 0.331 e. The maximum Gasteiger partial charge on any atom is 0.331 e. The van der Waals surface area contributed by atoms with Gasteiger partial charge in [-0.15, -0.1) is 11.8 Å². The summed E-state index contributed by atoms with van der Waals surface area (Å²) in [5.41, 5.74) is 0. The van der Waals surface area contributed by atoms with Crippen molar-refractivity contribution in [1.82, 2.24) is 9.97 Å². The number of aliphatic carboxylic acids is 1. The number of anilines is 2. The molecule has 28 heavy (non-hydrogen) atoms. The van der Waals surface area contributed by atoms with E-state index in [0.717, 1.165) is 29.9 Å². The molecule has 0 spiro atoms. The number of nitrogens with zero attached hydrogens (tertiary/aromatic N) is 4. The van der Waals surface area contributed by atoms with Crippen LogP contribution in [0.25, 0.3) is 0 Å². The second-order valence-corrected chi connectivity index (χ2v) is 9.24. The molecule has 1 N–H and O–H groups in total. The average molecular weight is 421 g/mol. The number of carbonyl (C=O) groups excluding carboxylic acids is 1. The van der Waals surface area contributed by atoms with E-state index in [1.807, 2.05) is 18.2 Å². The molecule has 2 amide bonds. The second-order valence-electron chi connectivity index (χ2n) is 6.96. The monoisotopic (exact) mass is 420 g/mol. The van der Waals surface area contributed by atoms with E-state index >= 15 is 0 Å². The van der Waals surface area contributed by atoms with Crippen LogP contribution in [0.1, 0.15) is 32.6 Å². The Morgan fingerprint density at radius 1 is 1.25 bits per heavy atom. The second kappa shape index (κ2) is 9.38. The minimum Gasteiger partial charge on any atom is -0.481 e. The summed E-state index contributed by atoms with van der Waals surface area (Å²) >= 11 is 2.52. The fourth-order valence-electron chi connectivity index (χ4n) is 3.29. The molecule has 1 aliphatic rings. The van der Waals surface area contributed by atoms with Crippen LogP contribution in [-0.4, -0.2) is 45.9 Å². The van der Waals surface area contributed by atoms with Gasteiger partial charge in [0.15, 0.2) is 5.13 Å². The number of carboxylic acids is 1. The molecule has 0 aromatic carbocycles. The number of carbonyl (C=O) groups is 2. The Kier molecular flexibility index (Phi) is 6.90. The van der Waals surface area contributed by atoms with Gasteiger partial charge in [0.25, 0.3) is 0 Å². The van der Waals surface area contributed by atoms with E-state index in [0.29, 0.717) is 16.9 Å². The summed E-state index contributed by atoms with van der Waals surface area (Å²) in [6.45, 7) is 2.25. The van der Waals surface area contributed by atoms with Gasteiger partial charge in [0.1, 0.15) is 5.82 Å². The van der Waals surface area contributed by atoms with Gasteiger partial charge in [0.05, 0.1) is 16.2 Å². The lowest BCUT2D eigenvalue weighted by Crippen LogP contribution is -2.49. The van der Waals surface area contributed by atoms with Crippen molar-refractivity contribution in [3.63, 3.8) is 0 Å². The zero-order valence-electron chi connectivity index (χ0n) is 15.9. The fourth-order valence-corrected chi connectivity index (χ4v) is 4.92. The van der Waals surface area contributed by atoms with Gasteiger partial charge in [0.2, 0.25) is 0 Å². The molecule has 1 fully saturated rings. The van der Waals surface area contributed by atoms with Gasteiger partial charge in [-0.05, 0) is 43.7 Å². The molecule has 3 rings (SSSR count). The van der Waals surface area contributed by atoms with Crippen LogP contribution in [0.3, 0.4) is 0 Å². The van der Waals surface area contributed by atoms with Gasteiger partial charge in [-0.1, -0.05) is 24.3 Å². The Balaban J connectivity index is 1.79. The standard InChI is InChI=1S/C19H24N4O3S2/c1-13-6-8-14(9-7-13)23(15-5-3-4-10-20-15)19(26)22(2)18-21-11-17(28-18)27-12-16(24)25/h3-5,10-11,13-14H,6-9,12H2,1-2H3,(H,24,25). The molecule has 0 bridgehead atoms. The van der Waals surface area contributed by atoms with Crippen LogP contribution in [-0.2, 0) is 4.79 Å². The molecule has 2 aromatic heterocycles. The predicted molar refractivity (Wildman–Crippen MR) is 112 cm³/mol. The number of aromatic nitrogens is 2. The topological polar surface area (TPSA) is 86.6 Å². The lowest BCUT2D eigenvalue weighted by Gasteiger charge is -2.37. The van der Waals surface area contributed by atoms with E-state index in [1.54, 1.807) is 24.3 Å². The van der Waals surface area contributed by atoms with Crippen LogP contribution in [0.15, 0.2) is 34.8 Å². The molecule has 150 valence electrons. The first-order valence-corrected chi connectivity index (χ1v) is 11.0. The van der Waals surface area contributed by atoms with E-state index in [2.05, 4.69) is 16.9 Å². The van der Waals surface area contributed by atoms with E-state index < -0.39 is 5.97 Å².